The highest BCUT2D eigenvalue weighted by Gasteiger charge is 2.22. The molecule has 5 heteroatoms. The molecule has 0 saturated heterocycles. The van der Waals surface area contributed by atoms with Gasteiger partial charge in [0.15, 0.2) is 5.13 Å². The molecule has 0 unspecified atom stereocenters. The van der Waals surface area contributed by atoms with Crippen molar-refractivity contribution in [1.82, 2.24) is 9.55 Å². The zero-order valence-corrected chi connectivity index (χ0v) is 11.5. The molecular formula is C15H13N3OS. The van der Waals surface area contributed by atoms with E-state index in [9.17, 15) is 4.79 Å². The molecule has 0 aliphatic rings. The molecule has 2 aromatic heterocycles. The molecule has 100 valence electrons. The summed E-state index contributed by atoms with van der Waals surface area (Å²) in [6, 6.07) is 13.1. The van der Waals surface area contributed by atoms with E-state index in [1.165, 1.54) is 11.3 Å². The standard InChI is InChI=1S/C15H13N3OS/c19-14(17-15-16-8-11-20-15)13(18-9-4-5-10-18)12-6-2-1-3-7-12/h1-11,13H,(H,16,17,19)/t13-/m0/s1. The Morgan fingerprint density at radius 2 is 1.90 bits per heavy atom. The van der Waals surface area contributed by atoms with Gasteiger partial charge < -0.3 is 4.57 Å². The summed E-state index contributed by atoms with van der Waals surface area (Å²) in [4.78, 5) is 16.6. The number of hydrogen-bond acceptors (Lipinski definition) is 3. The van der Waals surface area contributed by atoms with Crippen molar-refractivity contribution in [1.29, 1.82) is 0 Å². The van der Waals surface area contributed by atoms with Crippen LogP contribution in [-0.4, -0.2) is 15.5 Å². The predicted octanol–water partition coefficient (Wildman–Crippen LogP) is 3.17. The fourth-order valence-corrected chi connectivity index (χ4v) is 2.60. The first-order valence-corrected chi connectivity index (χ1v) is 7.10. The van der Waals surface area contributed by atoms with Gasteiger partial charge in [0, 0.05) is 24.0 Å². The fourth-order valence-electron chi connectivity index (χ4n) is 2.07. The van der Waals surface area contributed by atoms with Crippen LogP contribution in [0.2, 0.25) is 0 Å². The van der Waals surface area contributed by atoms with Crippen molar-refractivity contribution in [3.63, 3.8) is 0 Å². The quantitative estimate of drug-likeness (QED) is 0.799. The van der Waals surface area contributed by atoms with Gasteiger partial charge in [0.05, 0.1) is 0 Å². The number of hydrogen-bond donors (Lipinski definition) is 1. The van der Waals surface area contributed by atoms with E-state index in [1.54, 1.807) is 6.20 Å². The molecule has 1 amide bonds. The minimum Gasteiger partial charge on any atom is -0.338 e. The first kappa shape index (κ1) is 12.6. The van der Waals surface area contributed by atoms with Crippen molar-refractivity contribution in [3.8, 4) is 0 Å². The number of carbonyl (C=O) groups excluding carboxylic acids is 1. The molecular weight excluding hydrogens is 270 g/mol. The Balaban J connectivity index is 1.92. The van der Waals surface area contributed by atoms with E-state index >= 15 is 0 Å². The highest BCUT2D eigenvalue weighted by Crippen LogP contribution is 2.21. The number of carbonyl (C=O) groups is 1. The Labute approximate surface area is 120 Å². The molecule has 0 saturated carbocycles. The average molecular weight is 283 g/mol. The summed E-state index contributed by atoms with van der Waals surface area (Å²) < 4.78 is 1.89. The van der Waals surface area contributed by atoms with Crippen LogP contribution < -0.4 is 5.32 Å². The Morgan fingerprint density at radius 3 is 2.55 bits per heavy atom. The Bertz CT molecular complexity index is 662. The topological polar surface area (TPSA) is 46.9 Å². The maximum Gasteiger partial charge on any atom is 0.253 e. The first-order valence-electron chi connectivity index (χ1n) is 6.22. The van der Waals surface area contributed by atoms with E-state index in [4.69, 9.17) is 0 Å². The summed E-state index contributed by atoms with van der Waals surface area (Å²) >= 11 is 1.41. The minimum atomic E-state index is -0.393. The van der Waals surface area contributed by atoms with E-state index in [1.807, 2.05) is 64.8 Å². The van der Waals surface area contributed by atoms with Crippen LogP contribution in [0, 0.1) is 0 Å². The Morgan fingerprint density at radius 1 is 1.15 bits per heavy atom. The van der Waals surface area contributed by atoms with Crippen molar-refractivity contribution in [2.24, 2.45) is 0 Å². The number of anilines is 1. The van der Waals surface area contributed by atoms with E-state index in [2.05, 4.69) is 10.3 Å². The minimum absolute atomic E-state index is 0.0950. The van der Waals surface area contributed by atoms with Crippen molar-refractivity contribution in [2.75, 3.05) is 5.32 Å². The highest BCUT2D eigenvalue weighted by molar-refractivity contribution is 7.13. The largest absolute Gasteiger partial charge is 0.338 e. The Hall–Kier alpha value is -2.40. The SMILES string of the molecule is O=C(Nc1nccs1)[C@H](c1ccccc1)n1cccc1. The fraction of sp³-hybridized carbons (Fsp3) is 0.0667. The lowest BCUT2D eigenvalue weighted by Gasteiger charge is -2.18. The van der Waals surface area contributed by atoms with Crippen LogP contribution in [0.4, 0.5) is 5.13 Å². The smallest absolute Gasteiger partial charge is 0.253 e. The highest BCUT2D eigenvalue weighted by atomic mass is 32.1. The van der Waals surface area contributed by atoms with Gasteiger partial charge in [-0.05, 0) is 17.7 Å². The zero-order chi connectivity index (χ0) is 13.8. The molecule has 1 aromatic carbocycles. The number of amides is 1. The Kier molecular flexibility index (Phi) is 3.60. The van der Waals surface area contributed by atoms with Crippen molar-refractivity contribution in [2.45, 2.75) is 6.04 Å². The van der Waals surface area contributed by atoms with Gasteiger partial charge in [-0.25, -0.2) is 4.98 Å². The molecule has 20 heavy (non-hydrogen) atoms. The van der Waals surface area contributed by atoms with Gasteiger partial charge in [-0.15, -0.1) is 11.3 Å². The van der Waals surface area contributed by atoms with Gasteiger partial charge in [0.2, 0.25) is 0 Å². The number of benzene rings is 1. The average Bonchev–Trinajstić information content (AvgIpc) is 3.14. The predicted molar refractivity (Wildman–Crippen MR) is 79.8 cm³/mol. The molecule has 1 atom stereocenters. The summed E-state index contributed by atoms with van der Waals surface area (Å²) in [5.41, 5.74) is 0.942. The van der Waals surface area contributed by atoms with Gasteiger partial charge in [0.1, 0.15) is 6.04 Å². The van der Waals surface area contributed by atoms with E-state index in [-0.39, 0.29) is 5.91 Å². The zero-order valence-electron chi connectivity index (χ0n) is 10.6. The second-order valence-corrected chi connectivity index (χ2v) is 5.16. The summed E-state index contributed by atoms with van der Waals surface area (Å²) in [6.45, 7) is 0. The summed E-state index contributed by atoms with van der Waals surface area (Å²) in [5, 5.41) is 5.31. The van der Waals surface area contributed by atoms with Gasteiger partial charge >= 0.3 is 0 Å². The molecule has 0 spiro atoms. The molecule has 0 aliphatic carbocycles. The van der Waals surface area contributed by atoms with Gasteiger partial charge in [-0.3, -0.25) is 10.1 Å². The molecule has 0 fully saturated rings. The van der Waals surface area contributed by atoms with Crippen LogP contribution in [0.1, 0.15) is 11.6 Å². The van der Waals surface area contributed by atoms with Crippen LogP contribution in [0.5, 0.6) is 0 Å². The summed E-state index contributed by atoms with van der Waals surface area (Å²) in [5.74, 6) is -0.0950. The second-order valence-electron chi connectivity index (χ2n) is 4.27. The lowest BCUT2D eigenvalue weighted by molar-refractivity contribution is -0.118. The molecule has 4 nitrogen and oxygen atoms in total. The van der Waals surface area contributed by atoms with Crippen LogP contribution >= 0.6 is 11.3 Å². The number of rotatable bonds is 4. The first-order chi connectivity index (χ1) is 9.84. The van der Waals surface area contributed by atoms with Gasteiger partial charge in [0.25, 0.3) is 5.91 Å². The van der Waals surface area contributed by atoms with E-state index in [0.717, 1.165) is 5.56 Å². The normalized spacial score (nSPS) is 12.0. The van der Waals surface area contributed by atoms with Crippen molar-refractivity contribution < 1.29 is 4.79 Å². The monoisotopic (exact) mass is 283 g/mol. The summed E-state index contributed by atoms with van der Waals surface area (Å²) in [6.07, 6.45) is 5.45. The maximum atomic E-state index is 12.5. The third-order valence-corrected chi connectivity index (χ3v) is 3.64. The third kappa shape index (κ3) is 2.62. The maximum absolute atomic E-state index is 12.5. The van der Waals surface area contributed by atoms with E-state index < -0.39 is 6.04 Å². The number of nitrogens with one attached hydrogen (secondary N) is 1. The molecule has 3 aromatic rings. The van der Waals surface area contributed by atoms with Gasteiger partial charge in [-0.1, -0.05) is 30.3 Å². The summed E-state index contributed by atoms with van der Waals surface area (Å²) in [7, 11) is 0. The van der Waals surface area contributed by atoms with Crippen LogP contribution in [0.15, 0.2) is 66.4 Å². The molecule has 2 heterocycles. The van der Waals surface area contributed by atoms with Crippen LogP contribution in [0.25, 0.3) is 0 Å². The second kappa shape index (κ2) is 5.71. The van der Waals surface area contributed by atoms with Crippen molar-refractivity contribution in [3.05, 3.63) is 72.0 Å². The molecule has 0 bridgehead atoms. The van der Waals surface area contributed by atoms with Crippen LogP contribution in [0.3, 0.4) is 0 Å². The van der Waals surface area contributed by atoms with Crippen LogP contribution in [-0.2, 0) is 4.79 Å². The molecule has 3 rings (SSSR count). The lowest BCUT2D eigenvalue weighted by atomic mass is 10.1. The van der Waals surface area contributed by atoms with E-state index in [0.29, 0.717) is 5.13 Å². The molecule has 1 N–H and O–H groups in total. The van der Waals surface area contributed by atoms with Crippen molar-refractivity contribution >= 4 is 22.4 Å². The number of aromatic nitrogens is 2. The number of thiazole rings is 1. The molecule has 0 radical (unpaired) electrons. The number of nitrogens with zero attached hydrogens (tertiary/aromatic N) is 2. The lowest BCUT2D eigenvalue weighted by Crippen LogP contribution is -2.26. The third-order valence-electron chi connectivity index (χ3n) is 2.95. The molecule has 0 aliphatic heterocycles. The van der Waals surface area contributed by atoms with Gasteiger partial charge in [-0.2, -0.15) is 0 Å².